The van der Waals surface area contributed by atoms with Gasteiger partial charge < -0.3 is 10.3 Å². The van der Waals surface area contributed by atoms with Crippen molar-refractivity contribution in [2.24, 2.45) is 5.73 Å². The molecule has 0 amide bonds. The summed E-state index contributed by atoms with van der Waals surface area (Å²) < 4.78 is 1.70. The van der Waals surface area contributed by atoms with Gasteiger partial charge in [0.05, 0.1) is 12.1 Å². The molecule has 2 aromatic heterocycles. The molecule has 21 heavy (non-hydrogen) atoms. The van der Waals surface area contributed by atoms with Gasteiger partial charge in [-0.15, -0.1) is 0 Å². The first-order chi connectivity index (χ1) is 10.2. The largest absolute Gasteiger partial charge is 0.326 e. The van der Waals surface area contributed by atoms with E-state index in [1.54, 1.807) is 16.8 Å². The monoisotopic (exact) mass is 279 g/mol. The zero-order valence-corrected chi connectivity index (χ0v) is 11.9. The van der Waals surface area contributed by atoms with Gasteiger partial charge in [0.1, 0.15) is 0 Å². The van der Waals surface area contributed by atoms with Crippen LogP contribution in [0.2, 0.25) is 0 Å². The lowest BCUT2D eigenvalue weighted by molar-refractivity contribution is 0.746. The fourth-order valence-corrected chi connectivity index (χ4v) is 2.58. The van der Waals surface area contributed by atoms with Crippen LogP contribution < -0.4 is 11.3 Å². The Labute approximate surface area is 122 Å². The highest BCUT2D eigenvalue weighted by Crippen LogP contribution is 2.18. The van der Waals surface area contributed by atoms with E-state index in [1.807, 2.05) is 43.3 Å². The Morgan fingerprint density at radius 3 is 2.76 bits per heavy atom. The quantitative estimate of drug-likeness (QED) is 0.799. The Kier molecular flexibility index (Phi) is 3.54. The normalized spacial score (nSPS) is 11.0. The van der Waals surface area contributed by atoms with Gasteiger partial charge in [0.25, 0.3) is 5.56 Å². The number of nitrogens with two attached hydrogens (primary N) is 1. The molecule has 4 nitrogen and oxygen atoms in total. The molecule has 0 radical (unpaired) electrons. The SMILES string of the molecule is Cc1cc(Cn2cccc(CN)c2=O)c2ccccc2n1. The van der Waals surface area contributed by atoms with Crippen molar-refractivity contribution in [1.82, 2.24) is 9.55 Å². The van der Waals surface area contributed by atoms with Crippen LogP contribution in [0.25, 0.3) is 10.9 Å². The molecule has 4 heteroatoms. The summed E-state index contributed by atoms with van der Waals surface area (Å²) in [5, 5.41) is 1.08. The summed E-state index contributed by atoms with van der Waals surface area (Å²) in [6.45, 7) is 2.75. The average Bonchev–Trinajstić information content (AvgIpc) is 2.49. The molecule has 106 valence electrons. The van der Waals surface area contributed by atoms with E-state index in [-0.39, 0.29) is 12.1 Å². The number of aromatic nitrogens is 2. The van der Waals surface area contributed by atoms with Crippen molar-refractivity contribution in [3.63, 3.8) is 0 Å². The maximum absolute atomic E-state index is 12.3. The van der Waals surface area contributed by atoms with E-state index >= 15 is 0 Å². The summed E-state index contributed by atoms with van der Waals surface area (Å²) in [6.07, 6.45) is 1.80. The lowest BCUT2D eigenvalue weighted by Gasteiger charge is -2.11. The second kappa shape index (κ2) is 5.50. The molecule has 1 aromatic carbocycles. The van der Waals surface area contributed by atoms with Crippen molar-refractivity contribution in [2.75, 3.05) is 0 Å². The second-order valence-corrected chi connectivity index (χ2v) is 5.11. The van der Waals surface area contributed by atoms with Crippen molar-refractivity contribution in [3.05, 3.63) is 75.8 Å². The van der Waals surface area contributed by atoms with E-state index < -0.39 is 0 Å². The lowest BCUT2D eigenvalue weighted by atomic mass is 10.1. The number of fused-ring (bicyclic) bond motifs is 1. The van der Waals surface area contributed by atoms with Gasteiger partial charge in [0.2, 0.25) is 0 Å². The summed E-state index contributed by atoms with van der Waals surface area (Å²) >= 11 is 0. The van der Waals surface area contributed by atoms with Crippen LogP contribution in [0.5, 0.6) is 0 Å². The highest BCUT2D eigenvalue weighted by atomic mass is 16.1. The number of rotatable bonds is 3. The van der Waals surface area contributed by atoms with Gasteiger partial charge in [-0.3, -0.25) is 9.78 Å². The number of nitrogens with zero attached hydrogens (tertiary/aromatic N) is 2. The Hall–Kier alpha value is -2.46. The minimum Gasteiger partial charge on any atom is -0.326 e. The van der Waals surface area contributed by atoms with Crippen LogP contribution in [0, 0.1) is 6.92 Å². The first kappa shape index (κ1) is 13.5. The maximum atomic E-state index is 12.3. The minimum absolute atomic E-state index is 0.0291. The first-order valence-corrected chi connectivity index (χ1v) is 6.92. The molecule has 0 aliphatic heterocycles. The molecular weight excluding hydrogens is 262 g/mol. The molecule has 0 spiro atoms. The molecule has 3 aromatic rings. The van der Waals surface area contributed by atoms with Crippen molar-refractivity contribution >= 4 is 10.9 Å². The topological polar surface area (TPSA) is 60.9 Å². The maximum Gasteiger partial charge on any atom is 0.255 e. The smallest absolute Gasteiger partial charge is 0.255 e. The fraction of sp³-hybridized carbons (Fsp3) is 0.176. The van der Waals surface area contributed by atoms with Crippen molar-refractivity contribution < 1.29 is 0 Å². The lowest BCUT2D eigenvalue weighted by Crippen LogP contribution is -2.25. The summed E-state index contributed by atoms with van der Waals surface area (Å²) in [5.41, 5.74) is 9.20. The number of hydrogen-bond donors (Lipinski definition) is 1. The predicted octanol–water partition coefficient (Wildman–Crippen LogP) is 2.21. The zero-order valence-electron chi connectivity index (χ0n) is 11.9. The molecule has 0 fully saturated rings. The molecule has 0 aliphatic carbocycles. The highest BCUT2D eigenvalue weighted by Gasteiger charge is 2.07. The van der Waals surface area contributed by atoms with Crippen LogP contribution in [0.3, 0.4) is 0 Å². The second-order valence-electron chi connectivity index (χ2n) is 5.11. The minimum atomic E-state index is -0.0291. The number of benzene rings is 1. The van der Waals surface area contributed by atoms with Gasteiger partial charge in [-0.05, 0) is 30.7 Å². The predicted molar refractivity (Wildman–Crippen MR) is 84.2 cm³/mol. The molecule has 2 N–H and O–H groups in total. The third-order valence-corrected chi connectivity index (χ3v) is 3.59. The van der Waals surface area contributed by atoms with Gasteiger partial charge in [-0.2, -0.15) is 0 Å². The third-order valence-electron chi connectivity index (χ3n) is 3.59. The molecular formula is C17H17N3O. The van der Waals surface area contributed by atoms with Crippen LogP contribution in [0.1, 0.15) is 16.8 Å². The molecule has 0 aliphatic rings. The molecule has 0 atom stereocenters. The standard InChI is InChI=1S/C17H17N3O/c1-12-9-14(15-6-2-3-7-16(15)19-12)11-20-8-4-5-13(10-18)17(20)21/h2-9H,10-11,18H2,1H3. The summed E-state index contributed by atoms with van der Waals surface area (Å²) in [5.74, 6) is 0. The highest BCUT2D eigenvalue weighted by molar-refractivity contribution is 5.82. The Balaban J connectivity index is 2.12. The zero-order chi connectivity index (χ0) is 14.8. The van der Waals surface area contributed by atoms with Crippen LogP contribution in [0.4, 0.5) is 0 Å². The summed E-state index contributed by atoms with van der Waals surface area (Å²) in [4.78, 5) is 16.8. The van der Waals surface area contributed by atoms with Crippen molar-refractivity contribution in [2.45, 2.75) is 20.0 Å². The molecule has 0 bridgehead atoms. The van der Waals surface area contributed by atoms with Gasteiger partial charge in [0, 0.05) is 29.4 Å². The van der Waals surface area contributed by atoms with Crippen LogP contribution in [-0.2, 0) is 13.1 Å². The van der Waals surface area contributed by atoms with E-state index in [0.29, 0.717) is 12.1 Å². The Morgan fingerprint density at radius 1 is 1.14 bits per heavy atom. The van der Waals surface area contributed by atoms with Crippen molar-refractivity contribution in [1.29, 1.82) is 0 Å². The number of hydrogen-bond acceptors (Lipinski definition) is 3. The Bertz CT molecular complexity index is 852. The number of para-hydroxylation sites is 1. The molecule has 3 rings (SSSR count). The van der Waals surface area contributed by atoms with E-state index in [0.717, 1.165) is 22.2 Å². The molecule has 0 saturated carbocycles. The number of pyridine rings is 2. The van der Waals surface area contributed by atoms with Gasteiger partial charge in [0.15, 0.2) is 0 Å². The van der Waals surface area contributed by atoms with E-state index in [4.69, 9.17) is 5.73 Å². The van der Waals surface area contributed by atoms with Crippen LogP contribution in [-0.4, -0.2) is 9.55 Å². The van der Waals surface area contributed by atoms with E-state index in [1.165, 1.54) is 0 Å². The van der Waals surface area contributed by atoms with Gasteiger partial charge in [-0.1, -0.05) is 24.3 Å². The first-order valence-electron chi connectivity index (χ1n) is 6.92. The molecule has 0 unspecified atom stereocenters. The summed E-state index contributed by atoms with van der Waals surface area (Å²) in [7, 11) is 0. The number of aryl methyl sites for hydroxylation is 1. The van der Waals surface area contributed by atoms with Crippen LogP contribution in [0.15, 0.2) is 53.5 Å². The third kappa shape index (κ3) is 2.58. The molecule has 0 saturated heterocycles. The van der Waals surface area contributed by atoms with Crippen molar-refractivity contribution in [3.8, 4) is 0 Å². The van der Waals surface area contributed by atoms with E-state index in [2.05, 4.69) is 4.98 Å². The van der Waals surface area contributed by atoms with Crippen LogP contribution >= 0.6 is 0 Å². The van der Waals surface area contributed by atoms with Gasteiger partial charge in [-0.25, -0.2) is 0 Å². The summed E-state index contributed by atoms with van der Waals surface area (Å²) in [6, 6.07) is 13.7. The van der Waals surface area contributed by atoms with Gasteiger partial charge >= 0.3 is 0 Å². The fourth-order valence-electron chi connectivity index (χ4n) is 2.58. The average molecular weight is 279 g/mol. The Morgan fingerprint density at radius 2 is 1.95 bits per heavy atom. The van der Waals surface area contributed by atoms with E-state index in [9.17, 15) is 4.79 Å². The molecule has 2 heterocycles.